The average Bonchev–Trinajstić information content (AvgIpc) is 3.12. The first-order valence-corrected chi connectivity index (χ1v) is 11.8. The van der Waals surface area contributed by atoms with Gasteiger partial charge < -0.3 is 5.32 Å². The smallest absolute Gasteiger partial charge is 0.252 e. The Hall–Kier alpha value is -1.16. The van der Waals surface area contributed by atoms with Crippen LogP contribution in [0.2, 0.25) is 9.36 Å². The van der Waals surface area contributed by atoms with Crippen molar-refractivity contribution in [2.24, 2.45) is 0 Å². The molecular formula is C18H21Cl2N3O3S2. The maximum absolute atomic E-state index is 12.7. The summed E-state index contributed by atoms with van der Waals surface area (Å²) in [4.78, 5) is 14.6. The van der Waals surface area contributed by atoms with Gasteiger partial charge in [0, 0.05) is 36.9 Å². The number of hydrogen-bond acceptors (Lipinski definition) is 5. The Balaban J connectivity index is 1.61. The van der Waals surface area contributed by atoms with Gasteiger partial charge in [-0.1, -0.05) is 29.3 Å². The number of piperazine rings is 1. The van der Waals surface area contributed by atoms with E-state index in [1.54, 1.807) is 18.2 Å². The molecule has 0 radical (unpaired) electrons. The third-order valence-corrected chi connectivity index (χ3v) is 8.88. The van der Waals surface area contributed by atoms with E-state index in [0.29, 0.717) is 41.2 Å². The number of halogens is 2. The molecule has 1 aliphatic rings. The van der Waals surface area contributed by atoms with Crippen LogP contribution >= 0.6 is 34.5 Å². The van der Waals surface area contributed by atoms with Crippen molar-refractivity contribution in [2.75, 3.05) is 31.5 Å². The highest BCUT2D eigenvalue weighted by Crippen LogP contribution is 2.29. The second-order valence-corrected chi connectivity index (χ2v) is 10.9. The lowest BCUT2D eigenvalue weighted by atomic mass is 10.1. The number of carbonyl (C=O) groups is 1. The van der Waals surface area contributed by atoms with E-state index in [-0.39, 0.29) is 16.2 Å². The van der Waals surface area contributed by atoms with Gasteiger partial charge in [0.25, 0.3) is 10.0 Å². The molecule has 152 valence electrons. The molecule has 1 fully saturated rings. The molecule has 1 N–H and O–H groups in total. The van der Waals surface area contributed by atoms with Gasteiger partial charge in [-0.05, 0) is 43.7 Å². The van der Waals surface area contributed by atoms with E-state index in [1.807, 2.05) is 24.8 Å². The molecule has 28 heavy (non-hydrogen) atoms. The second-order valence-electron chi connectivity index (χ2n) is 6.58. The monoisotopic (exact) mass is 461 g/mol. The lowest BCUT2D eigenvalue weighted by molar-refractivity contribution is -0.121. The molecule has 0 bridgehead atoms. The van der Waals surface area contributed by atoms with Crippen molar-refractivity contribution >= 4 is 56.2 Å². The summed E-state index contributed by atoms with van der Waals surface area (Å²) >= 11 is 13.0. The van der Waals surface area contributed by atoms with Crippen LogP contribution in [0.5, 0.6) is 0 Å². The minimum Gasteiger partial charge on any atom is -0.324 e. The van der Waals surface area contributed by atoms with Crippen LogP contribution in [0.25, 0.3) is 0 Å². The molecule has 1 aromatic heterocycles. The summed E-state index contributed by atoms with van der Waals surface area (Å²) in [6.45, 7) is 5.27. The van der Waals surface area contributed by atoms with Crippen LogP contribution in [0.15, 0.2) is 34.5 Å². The Morgan fingerprint density at radius 2 is 1.82 bits per heavy atom. The van der Waals surface area contributed by atoms with Gasteiger partial charge in [0.1, 0.15) is 4.21 Å². The van der Waals surface area contributed by atoms with E-state index in [4.69, 9.17) is 23.2 Å². The van der Waals surface area contributed by atoms with Crippen LogP contribution in [0.3, 0.4) is 0 Å². The summed E-state index contributed by atoms with van der Waals surface area (Å²) in [6.07, 6.45) is 0. The number of benzene rings is 1. The number of sulfonamides is 1. The fourth-order valence-corrected chi connectivity index (χ4v) is 6.27. The van der Waals surface area contributed by atoms with Crippen LogP contribution in [0.4, 0.5) is 5.69 Å². The number of carbonyl (C=O) groups excluding carboxylic acids is 1. The van der Waals surface area contributed by atoms with Gasteiger partial charge >= 0.3 is 0 Å². The van der Waals surface area contributed by atoms with E-state index in [1.165, 1.54) is 10.4 Å². The molecule has 0 aliphatic carbocycles. The summed E-state index contributed by atoms with van der Waals surface area (Å²) in [6, 6.07) is 8.09. The standard InChI is InChI=1S/C18H21Cl2N3O3S2/c1-12-14(19)4-3-5-15(12)21-18(24)13(2)22-8-10-23(11-9-22)28(25,26)17-7-6-16(20)27-17/h3-7,13H,8-11H2,1-2H3,(H,21,24). The number of nitrogens with one attached hydrogen (secondary N) is 1. The molecule has 2 aromatic rings. The molecule has 1 amide bonds. The molecule has 1 unspecified atom stereocenters. The van der Waals surface area contributed by atoms with Crippen molar-refractivity contribution in [3.8, 4) is 0 Å². The molecular weight excluding hydrogens is 441 g/mol. The predicted octanol–water partition coefficient (Wildman–Crippen LogP) is 3.70. The van der Waals surface area contributed by atoms with Crippen molar-refractivity contribution in [3.05, 3.63) is 45.3 Å². The number of amides is 1. The first kappa shape index (κ1) is 21.5. The average molecular weight is 462 g/mol. The van der Waals surface area contributed by atoms with Crippen LogP contribution < -0.4 is 5.32 Å². The molecule has 1 saturated heterocycles. The van der Waals surface area contributed by atoms with E-state index in [9.17, 15) is 13.2 Å². The van der Waals surface area contributed by atoms with E-state index < -0.39 is 10.0 Å². The van der Waals surface area contributed by atoms with Gasteiger partial charge in [-0.3, -0.25) is 9.69 Å². The zero-order valence-electron chi connectivity index (χ0n) is 15.5. The maximum Gasteiger partial charge on any atom is 0.252 e. The highest BCUT2D eigenvalue weighted by atomic mass is 35.5. The van der Waals surface area contributed by atoms with Crippen molar-refractivity contribution in [2.45, 2.75) is 24.1 Å². The number of nitrogens with zero attached hydrogens (tertiary/aromatic N) is 2. The molecule has 10 heteroatoms. The van der Waals surface area contributed by atoms with Crippen molar-refractivity contribution in [1.29, 1.82) is 0 Å². The molecule has 1 aromatic carbocycles. The number of thiophene rings is 1. The van der Waals surface area contributed by atoms with Crippen LogP contribution in [-0.2, 0) is 14.8 Å². The Morgan fingerprint density at radius 3 is 2.43 bits per heavy atom. The van der Waals surface area contributed by atoms with E-state index in [0.717, 1.165) is 16.9 Å². The number of hydrogen-bond donors (Lipinski definition) is 1. The van der Waals surface area contributed by atoms with E-state index in [2.05, 4.69) is 5.32 Å². The van der Waals surface area contributed by atoms with Crippen molar-refractivity contribution in [1.82, 2.24) is 9.21 Å². The van der Waals surface area contributed by atoms with Crippen LogP contribution in [0, 0.1) is 6.92 Å². The minimum atomic E-state index is -3.54. The summed E-state index contributed by atoms with van der Waals surface area (Å²) in [5, 5.41) is 3.50. The molecule has 6 nitrogen and oxygen atoms in total. The van der Waals surface area contributed by atoms with Crippen molar-refractivity contribution in [3.63, 3.8) is 0 Å². The summed E-state index contributed by atoms with van der Waals surface area (Å²) in [7, 11) is -3.54. The largest absolute Gasteiger partial charge is 0.324 e. The first-order valence-electron chi connectivity index (χ1n) is 8.75. The minimum absolute atomic E-state index is 0.147. The van der Waals surface area contributed by atoms with E-state index >= 15 is 0 Å². The normalized spacial score (nSPS) is 17.4. The molecule has 0 spiro atoms. The van der Waals surface area contributed by atoms with Crippen LogP contribution in [-0.4, -0.2) is 55.8 Å². The molecule has 0 saturated carbocycles. The van der Waals surface area contributed by atoms with Gasteiger partial charge in [0.15, 0.2) is 0 Å². The van der Waals surface area contributed by atoms with Gasteiger partial charge in [-0.2, -0.15) is 4.31 Å². The SMILES string of the molecule is Cc1c(Cl)cccc1NC(=O)C(C)N1CCN(S(=O)(=O)c2ccc(Cl)s2)CC1. The lowest BCUT2D eigenvalue weighted by Gasteiger charge is -2.36. The Kier molecular flexibility index (Phi) is 6.69. The summed E-state index contributed by atoms with van der Waals surface area (Å²) in [5.41, 5.74) is 1.50. The topological polar surface area (TPSA) is 69.7 Å². The fraction of sp³-hybridized carbons (Fsp3) is 0.389. The zero-order valence-corrected chi connectivity index (χ0v) is 18.6. The molecule has 1 atom stereocenters. The van der Waals surface area contributed by atoms with Gasteiger partial charge in [-0.15, -0.1) is 11.3 Å². The highest BCUT2D eigenvalue weighted by molar-refractivity contribution is 7.91. The fourth-order valence-electron chi connectivity index (χ4n) is 3.04. The summed E-state index contributed by atoms with van der Waals surface area (Å²) in [5.74, 6) is -0.147. The predicted molar refractivity (Wildman–Crippen MR) is 114 cm³/mol. The quantitative estimate of drug-likeness (QED) is 0.736. The molecule has 1 aliphatic heterocycles. The lowest BCUT2D eigenvalue weighted by Crippen LogP contribution is -2.53. The number of rotatable bonds is 5. The zero-order chi connectivity index (χ0) is 20.5. The van der Waals surface area contributed by atoms with Crippen LogP contribution in [0.1, 0.15) is 12.5 Å². The van der Waals surface area contributed by atoms with Gasteiger partial charge in [0.2, 0.25) is 5.91 Å². The third kappa shape index (κ3) is 4.53. The highest BCUT2D eigenvalue weighted by Gasteiger charge is 2.32. The molecule has 3 rings (SSSR count). The number of anilines is 1. The van der Waals surface area contributed by atoms with Gasteiger partial charge in [-0.25, -0.2) is 8.42 Å². The first-order chi connectivity index (χ1) is 13.2. The van der Waals surface area contributed by atoms with Gasteiger partial charge in [0.05, 0.1) is 10.4 Å². The Bertz CT molecular complexity index is 970. The van der Waals surface area contributed by atoms with Crippen molar-refractivity contribution < 1.29 is 13.2 Å². The molecule has 2 heterocycles. The Labute approximate surface area is 179 Å². The third-order valence-electron chi connectivity index (χ3n) is 4.87. The maximum atomic E-state index is 12.7. The Morgan fingerprint density at radius 1 is 1.14 bits per heavy atom. The second kappa shape index (κ2) is 8.69. The summed E-state index contributed by atoms with van der Waals surface area (Å²) < 4.78 is 27.5.